The molecule has 0 fully saturated rings. The third-order valence-electron chi connectivity index (χ3n) is 2.98. The number of ketones is 1. The van der Waals surface area contributed by atoms with Crippen LogP contribution in [0.4, 0.5) is 0 Å². The van der Waals surface area contributed by atoms with Crippen LogP contribution in [0, 0.1) is 22.7 Å². The van der Waals surface area contributed by atoms with Crippen molar-refractivity contribution >= 4 is 17.2 Å². The molecule has 0 heterocycles. The molecule has 0 aromatic heterocycles. The number of carbonyl (C=O) groups is 1. The Morgan fingerprint density at radius 2 is 1.25 bits per heavy atom. The summed E-state index contributed by atoms with van der Waals surface area (Å²) in [6.07, 6.45) is 0.380. The van der Waals surface area contributed by atoms with Gasteiger partial charge in [-0.05, 0) is 13.8 Å². The molecular weight excluding hydrogens is 260 g/mol. The summed E-state index contributed by atoms with van der Waals surface area (Å²) in [5.74, 6) is -2.57. The molecule has 2 unspecified atom stereocenters. The summed E-state index contributed by atoms with van der Waals surface area (Å²) in [5.41, 5.74) is 11.2. The van der Waals surface area contributed by atoms with Gasteiger partial charge in [0.15, 0.2) is 5.78 Å². The van der Waals surface area contributed by atoms with Gasteiger partial charge in [0.2, 0.25) is 0 Å². The Kier molecular flexibility index (Phi) is 8.40. The minimum absolute atomic E-state index is 0.0274. The summed E-state index contributed by atoms with van der Waals surface area (Å²) >= 11 is 0. The van der Waals surface area contributed by atoms with Crippen molar-refractivity contribution in [2.45, 2.75) is 38.8 Å². The van der Waals surface area contributed by atoms with Gasteiger partial charge < -0.3 is 32.5 Å². The average Bonchev–Trinajstić information content (AvgIpc) is 2.28. The molecule has 0 saturated carbocycles. The number of carbonyl (C=O) groups excluding carboxylic acids is 1. The van der Waals surface area contributed by atoms with Crippen molar-refractivity contribution < 1.29 is 15.0 Å². The van der Waals surface area contributed by atoms with Gasteiger partial charge in [0.05, 0.1) is 25.0 Å². The molecule has 20 heavy (non-hydrogen) atoms. The van der Waals surface area contributed by atoms with Crippen molar-refractivity contribution in [3.05, 3.63) is 0 Å². The molecular formula is C13H26N4O3. The Bertz CT molecular complexity index is 324. The van der Waals surface area contributed by atoms with Gasteiger partial charge >= 0.3 is 0 Å². The number of nitrogens with one attached hydrogen (secondary N) is 2. The van der Waals surface area contributed by atoms with Crippen molar-refractivity contribution in [2.75, 3.05) is 13.2 Å². The van der Waals surface area contributed by atoms with Crippen LogP contribution in [0.15, 0.2) is 0 Å². The largest absolute Gasteiger partial charge is 0.395 e. The molecule has 116 valence electrons. The van der Waals surface area contributed by atoms with Crippen LogP contribution in [-0.2, 0) is 4.79 Å². The maximum absolute atomic E-state index is 12.3. The van der Waals surface area contributed by atoms with Gasteiger partial charge in [0.25, 0.3) is 0 Å². The SMILES string of the molecule is C[C@H](N)CC(=N)C(CO)C(=O)C(CO)C(=N)C[C@H](C)N. The van der Waals surface area contributed by atoms with E-state index in [2.05, 4.69) is 0 Å². The monoisotopic (exact) mass is 286 g/mol. The summed E-state index contributed by atoms with van der Waals surface area (Å²) in [6.45, 7) is 2.36. The highest BCUT2D eigenvalue weighted by molar-refractivity contribution is 6.13. The normalized spacial score (nSPS) is 17.1. The fourth-order valence-corrected chi connectivity index (χ4v) is 1.96. The molecule has 0 radical (unpaired) electrons. The maximum atomic E-state index is 12.3. The van der Waals surface area contributed by atoms with E-state index in [1.54, 1.807) is 13.8 Å². The molecule has 0 spiro atoms. The number of hydrogen-bond acceptors (Lipinski definition) is 7. The minimum Gasteiger partial charge on any atom is -0.395 e. The first kappa shape index (κ1) is 18.9. The van der Waals surface area contributed by atoms with Crippen LogP contribution in [0.5, 0.6) is 0 Å². The second kappa shape index (κ2) is 8.91. The number of Topliss-reactive ketones (excluding diaryl/α,β-unsaturated/α-hetero) is 1. The van der Waals surface area contributed by atoms with E-state index in [0.717, 1.165) is 0 Å². The Hall–Kier alpha value is -1.15. The van der Waals surface area contributed by atoms with Gasteiger partial charge in [-0.2, -0.15) is 0 Å². The molecule has 0 saturated heterocycles. The molecule has 0 aromatic rings. The first-order valence-corrected chi connectivity index (χ1v) is 6.65. The molecule has 8 N–H and O–H groups in total. The second-order valence-corrected chi connectivity index (χ2v) is 5.29. The van der Waals surface area contributed by atoms with Crippen LogP contribution in [-0.4, -0.2) is 52.7 Å². The molecule has 4 atom stereocenters. The maximum Gasteiger partial charge on any atom is 0.154 e. The quantitative estimate of drug-likeness (QED) is 0.292. The number of aliphatic hydroxyl groups excluding tert-OH is 2. The Balaban J connectivity index is 4.95. The van der Waals surface area contributed by atoms with Crippen LogP contribution >= 0.6 is 0 Å². The van der Waals surface area contributed by atoms with E-state index in [-0.39, 0.29) is 36.3 Å². The highest BCUT2D eigenvalue weighted by atomic mass is 16.3. The summed E-state index contributed by atoms with van der Waals surface area (Å²) in [4.78, 5) is 12.3. The molecule has 0 aliphatic carbocycles. The van der Waals surface area contributed by atoms with Gasteiger partial charge in [0.1, 0.15) is 0 Å². The number of hydrogen-bond donors (Lipinski definition) is 6. The predicted molar refractivity (Wildman–Crippen MR) is 78.1 cm³/mol. The van der Waals surface area contributed by atoms with Crippen LogP contribution in [0.2, 0.25) is 0 Å². The zero-order valence-electron chi connectivity index (χ0n) is 12.1. The molecule has 7 heteroatoms. The fourth-order valence-electron chi connectivity index (χ4n) is 1.96. The Morgan fingerprint density at radius 1 is 0.950 bits per heavy atom. The fraction of sp³-hybridized carbons (Fsp3) is 0.769. The van der Waals surface area contributed by atoms with Gasteiger partial charge in [0, 0.05) is 36.3 Å². The van der Waals surface area contributed by atoms with E-state index in [9.17, 15) is 15.0 Å². The van der Waals surface area contributed by atoms with E-state index in [4.69, 9.17) is 22.3 Å². The summed E-state index contributed by atoms with van der Waals surface area (Å²) in [7, 11) is 0. The van der Waals surface area contributed by atoms with Gasteiger partial charge in [-0.15, -0.1) is 0 Å². The molecule has 0 aromatic carbocycles. The van der Waals surface area contributed by atoms with E-state index < -0.39 is 30.8 Å². The van der Waals surface area contributed by atoms with E-state index in [1.807, 2.05) is 0 Å². The number of nitrogens with two attached hydrogens (primary N) is 2. The van der Waals surface area contributed by atoms with Gasteiger partial charge in [-0.3, -0.25) is 4.79 Å². The van der Waals surface area contributed by atoms with E-state index >= 15 is 0 Å². The van der Waals surface area contributed by atoms with Crippen molar-refractivity contribution in [3.63, 3.8) is 0 Å². The van der Waals surface area contributed by atoms with Crippen LogP contribution in [0.1, 0.15) is 26.7 Å². The standard InChI is InChI=1S/C13H26N4O3/c1-7(14)3-11(16)9(5-18)13(20)10(6-19)12(17)4-8(2)15/h7-10,16-19H,3-6,14-15H2,1-2H3/t7-,8-,9?,10?/m0/s1. The van der Waals surface area contributed by atoms with Gasteiger partial charge in [-0.25, -0.2) is 0 Å². The first-order chi connectivity index (χ1) is 9.24. The van der Waals surface area contributed by atoms with Crippen LogP contribution < -0.4 is 11.5 Å². The highest BCUT2D eigenvalue weighted by Crippen LogP contribution is 2.15. The first-order valence-electron chi connectivity index (χ1n) is 6.65. The Labute approximate surface area is 119 Å². The molecule has 0 amide bonds. The van der Waals surface area contributed by atoms with E-state index in [1.165, 1.54) is 0 Å². The molecule has 7 nitrogen and oxygen atoms in total. The highest BCUT2D eigenvalue weighted by Gasteiger charge is 2.32. The van der Waals surface area contributed by atoms with Crippen molar-refractivity contribution in [1.82, 2.24) is 0 Å². The predicted octanol–water partition coefficient (Wildman–Crippen LogP) is -0.713. The number of aliphatic hydroxyl groups is 2. The third-order valence-corrected chi connectivity index (χ3v) is 2.98. The van der Waals surface area contributed by atoms with E-state index in [0.29, 0.717) is 0 Å². The Morgan fingerprint density at radius 3 is 1.45 bits per heavy atom. The average molecular weight is 286 g/mol. The lowest BCUT2D eigenvalue weighted by molar-refractivity contribution is -0.124. The second-order valence-electron chi connectivity index (χ2n) is 5.29. The molecule has 0 aliphatic rings. The number of rotatable bonds is 10. The zero-order valence-corrected chi connectivity index (χ0v) is 12.1. The van der Waals surface area contributed by atoms with Crippen molar-refractivity contribution in [3.8, 4) is 0 Å². The lowest BCUT2D eigenvalue weighted by Crippen LogP contribution is -2.40. The lowest BCUT2D eigenvalue weighted by Gasteiger charge is -2.22. The van der Waals surface area contributed by atoms with Crippen molar-refractivity contribution in [2.24, 2.45) is 23.3 Å². The van der Waals surface area contributed by atoms with Gasteiger partial charge in [-0.1, -0.05) is 0 Å². The minimum atomic E-state index is -1.02. The van der Waals surface area contributed by atoms with Crippen LogP contribution in [0.3, 0.4) is 0 Å². The molecule has 0 rings (SSSR count). The summed E-state index contributed by atoms with van der Waals surface area (Å²) in [6, 6.07) is -0.583. The third kappa shape index (κ3) is 5.87. The molecule has 0 aliphatic heterocycles. The smallest absolute Gasteiger partial charge is 0.154 e. The summed E-state index contributed by atoms with van der Waals surface area (Å²) in [5, 5.41) is 34.3. The topological polar surface area (TPSA) is 157 Å². The van der Waals surface area contributed by atoms with Crippen LogP contribution in [0.25, 0.3) is 0 Å². The molecule has 0 bridgehead atoms. The lowest BCUT2D eigenvalue weighted by atomic mass is 9.84. The zero-order chi connectivity index (χ0) is 15.9. The van der Waals surface area contributed by atoms with Crippen molar-refractivity contribution in [1.29, 1.82) is 10.8 Å². The summed E-state index contributed by atoms with van der Waals surface area (Å²) < 4.78 is 0.